The molecule has 4 N–H and O–H groups in total. The summed E-state index contributed by atoms with van der Waals surface area (Å²) in [7, 11) is 1.45. The largest absolute Gasteiger partial charge is 0.494 e. The van der Waals surface area contributed by atoms with E-state index in [0.29, 0.717) is 12.3 Å². The van der Waals surface area contributed by atoms with E-state index in [9.17, 15) is 9.59 Å². The lowest BCUT2D eigenvalue weighted by Gasteiger charge is -2.11. The number of carbonyl (C=O) groups is 2. The summed E-state index contributed by atoms with van der Waals surface area (Å²) in [6.45, 7) is 2.43. The standard InChI is InChI=1S/C14H21N3O4.ClH/c1-3-21-11-6-4-10(5-7-11)17-13(18)8-16-14(19)12(15)9-20-2;/h4-7,12H,3,8-9,15H2,1-2H3,(H,16,19)(H,17,18);1H. The number of hydrogen-bond donors (Lipinski definition) is 3. The van der Waals surface area contributed by atoms with Crippen molar-refractivity contribution in [2.75, 3.05) is 32.2 Å². The monoisotopic (exact) mass is 331 g/mol. The molecule has 0 aromatic heterocycles. The maximum Gasteiger partial charge on any atom is 0.243 e. The van der Waals surface area contributed by atoms with Gasteiger partial charge in [0, 0.05) is 12.8 Å². The van der Waals surface area contributed by atoms with Gasteiger partial charge in [0.15, 0.2) is 0 Å². The van der Waals surface area contributed by atoms with Crippen LogP contribution < -0.4 is 21.1 Å². The van der Waals surface area contributed by atoms with Crippen LogP contribution in [0, 0.1) is 0 Å². The van der Waals surface area contributed by atoms with Crippen molar-refractivity contribution in [1.82, 2.24) is 5.32 Å². The number of nitrogens with two attached hydrogens (primary N) is 1. The summed E-state index contributed by atoms with van der Waals surface area (Å²) in [4.78, 5) is 23.2. The number of nitrogens with one attached hydrogen (secondary N) is 2. The minimum Gasteiger partial charge on any atom is -0.494 e. The quantitative estimate of drug-likeness (QED) is 0.645. The summed E-state index contributed by atoms with van der Waals surface area (Å²) in [5, 5.41) is 5.09. The molecule has 0 aliphatic heterocycles. The second-order valence-corrected chi connectivity index (χ2v) is 4.29. The molecule has 22 heavy (non-hydrogen) atoms. The molecule has 0 aliphatic rings. The fraction of sp³-hybridized carbons (Fsp3) is 0.429. The van der Waals surface area contributed by atoms with Crippen LogP contribution in [0.15, 0.2) is 24.3 Å². The molecular formula is C14H22ClN3O4. The molecular weight excluding hydrogens is 310 g/mol. The minimum absolute atomic E-state index is 0. The molecule has 1 aromatic carbocycles. The molecule has 7 nitrogen and oxygen atoms in total. The van der Waals surface area contributed by atoms with Crippen molar-refractivity contribution in [3.05, 3.63) is 24.3 Å². The molecule has 0 heterocycles. The van der Waals surface area contributed by atoms with Crippen molar-refractivity contribution in [3.63, 3.8) is 0 Å². The highest BCUT2D eigenvalue weighted by Gasteiger charge is 2.13. The van der Waals surface area contributed by atoms with Crippen LogP contribution in [-0.2, 0) is 14.3 Å². The topological polar surface area (TPSA) is 103 Å². The van der Waals surface area contributed by atoms with Crippen molar-refractivity contribution in [2.45, 2.75) is 13.0 Å². The second-order valence-electron chi connectivity index (χ2n) is 4.29. The van der Waals surface area contributed by atoms with Gasteiger partial charge in [-0.05, 0) is 31.2 Å². The summed E-state index contributed by atoms with van der Waals surface area (Å²) in [5.74, 6) is -0.0369. The van der Waals surface area contributed by atoms with Crippen LogP contribution in [-0.4, -0.2) is 44.7 Å². The van der Waals surface area contributed by atoms with Crippen molar-refractivity contribution in [3.8, 4) is 5.75 Å². The van der Waals surface area contributed by atoms with Gasteiger partial charge in [-0.1, -0.05) is 0 Å². The van der Waals surface area contributed by atoms with Gasteiger partial charge in [0.05, 0.1) is 19.8 Å². The van der Waals surface area contributed by atoms with Crippen LogP contribution in [0.2, 0.25) is 0 Å². The number of rotatable bonds is 8. The third kappa shape index (κ3) is 7.26. The smallest absolute Gasteiger partial charge is 0.243 e. The summed E-state index contributed by atoms with van der Waals surface area (Å²) in [6.07, 6.45) is 0. The molecule has 2 amide bonds. The Hall–Kier alpha value is -1.83. The van der Waals surface area contributed by atoms with E-state index in [4.69, 9.17) is 15.2 Å². The fourth-order valence-electron chi connectivity index (χ4n) is 1.56. The maximum atomic E-state index is 11.7. The number of carbonyl (C=O) groups excluding carboxylic acids is 2. The molecule has 0 fully saturated rings. The van der Waals surface area contributed by atoms with Crippen molar-refractivity contribution < 1.29 is 19.1 Å². The Kier molecular flexibility index (Phi) is 9.93. The average molecular weight is 332 g/mol. The van der Waals surface area contributed by atoms with Crippen LogP contribution in [0.5, 0.6) is 5.75 Å². The fourth-order valence-corrected chi connectivity index (χ4v) is 1.56. The van der Waals surface area contributed by atoms with Gasteiger partial charge in [0.2, 0.25) is 11.8 Å². The van der Waals surface area contributed by atoms with Gasteiger partial charge in [0.1, 0.15) is 11.8 Å². The lowest BCUT2D eigenvalue weighted by atomic mass is 10.3. The van der Waals surface area contributed by atoms with Crippen molar-refractivity contribution >= 4 is 29.9 Å². The molecule has 8 heteroatoms. The zero-order chi connectivity index (χ0) is 15.7. The first-order valence-electron chi connectivity index (χ1n) is 6.61. The Morgan fingerprint density at radius 2 is 1.91 bits per heavy atom. The summed E-state index contributed by atoms with van der Waals surface area (Å²) in [5.41, 5.74) is 6.15. The molecule has 124 valence electrons. The highest BCUT2D eigenvalue weighted by Crippen LogP contribution is 2.15. The third-order valence-electron chi connectivity index (χ3n) is 2.56. The first kappa shape index (κ1) is 20.2. The van der Waals surface area contributed by atoms with E-state index < -0.39 is 11.9 Å². The number of methoxy groups -OCH3 is 1. The molecule has 0 aliphatic carbocycles. The zero-order valence-electron chi connectivity index (χ0n) is 12.6. The van der Waals surface area contributed by atoms with E-state index in [0.717, 1.165) is 5.75 Å². The Morgan fingerprint density at radius 3 is 2.45 bits per heavy atom. The highest BCUT2D eigenvalue weighted by atomic mass is 35.5. The number of halogens is 1. The highest BCUT2D eigenvalue weighted by molar-refractivity contribution is 5.95. The number of amides is 2. The van der Waals surface area contributed by atoms with Crippen molar-refractivity contribution in [2.24, 2.45) is 5.73 Å². The first-order chi connectivity index (χ1) is 10.1. The molecule has 1 aromatic rings. The van der Waals surface area contributed by atoms with E-state index in [1.165, 1.54) is 7.11 Å². The Labute approximate surface area is 135 Å². The summed E-state index contributed by atoms with van der Waals surface area (Å²) in [6, 6.07) is 6.18. The summed E-state index contributed by atoms with van der Waals surface area (Å²) >= 11 is 0. The van der Waals surface area contributed by atoms with Gasteiger partial charge in [-0.25, -0.2) is 0 Å². The minimum atomic E-state index is -0.784. The van der Waals surface area contributed by atoms with Gasteiger partial charge < -0.3 is 25.8 Å². The van der Waals surface area contributed by atoms with Crippen LogP contribution in [0.25, 0.3) is 0 Å². The predicted octanol–water partition coefficient (Wildman–Crippen LogP) is 0.536. The maximum absolute atomic E-state index is 11.7. The first-order valence-corrected chi connectivity index (χ1v) is 6.61. The zero-order valence-corrected chi connectivity index (χ0v) is 13.4. The molecule has 1 rings (SSSR count). The van der Waals surface area contributed by atoms with Gasteiger partial charge in [-0.2, -0.15) is 0 Å². The van der Waals surface area contributed by atoms with E-state index in [2.05, 4.69) is 10.6 Å². The molecule has 1 unspecified atom stereocenters. The SMILES string of the molecule is CCOc1ccc(NC(=O)CNC(=O)C(N)COC)cc1.Cl. The van der Waals surface area contributed by atoms with Crippen LogP contribution in [0.4, 0.5) is 5.69 Å². The van der Waals surface area contributed by atoms with E-state index in [1.807, 2.05) is 6.92 Å². The van der Waals surface area contributed by atoms with Gasteiger partial charge in [-0.15, -0.1) is 12.4 Å². The molecule has 1 atom stereocenters. The van der Waals surface area contributed by atoms with Crippen LogP contribution >= 0.6 is 12.4 Å². The molecule has 0 radical (unpaired) electrons. The molecule has 0 saturated heterocycles. The lowest BCUT2D eigenvalue weighted by molar-refractivity contribution is -0.126. The van der Waals surface area contributed by atoms with E-state index in [-0.39, 0.29) is 31.5 Å². The number of ether oxygens (including phenoxy) is 2. The van der Waals surface area contributed by atoms with Crippen molar-refractivity contribution in [1.29, 1.82) is 0 Å². The van der Waals surface area contributed by atoms with Gasteiger partial charge in [0.25, 0.3) is 0 Å². The normalized spacial score (nSPS) is 11.0. The number of anilines is 1. The molecule has 0 spiro atoms. The predicted molar refractivity (Wildman–Crippen MR) is 86.3 cm³/mol. The second kappa shape index (κ2) is 10.8. The van der Waals surface area contributed by atoms with Crippen LogP contribution in [0.1, 0.15) is 6.92 Å². The number of benzene rings is 1. The van der Waals surface area contributed by atoms with E-state index in [1.54, 1.807) is 24.3 Å². The van der Waals surface area contributed by atoms with Gasteiger partial charge >= 0.3 is 0 Å². The summed E-state index contributed by atoms with van der Waals surface area (Å²) < 4.78 is 10.1. The Balaban J connectivity index is 0.00000441. The average Bonchev–Trinajstić information content (AvgIpc) is 2.47. The number of hydrogen-bond acceptors (Lipinski definition) is 5. The molecule has 0 saturated carbocycles. The Morgan fingerprint density at radius 1 is 1.27 bits per heavy atom. The van der Waals surface area contributed by atoms with E-state index >= 15 is 0 Å². The lowest BCUT2D eigenvalue weighted by Crippen LogP contribution is -2.45. The van der Waals surface area contributed by atoms with Crippen LogP contribution in [0.3, 0.4) is 0 Å². The third-order valence-corrected chi connectivity index (χ3v) is 2.56. The van der Waals surface area contributed by atoms with Gasteiger partial charge in [-0.3, -0.25) is 9.59 Å². The molecule has 0 bridgehead atoms. The Bertz CT molecular complexity index is 468.